The van der Waals surface area contributed by atoms with Crippen molar-refractivity contribution in [3.8, 4) is 0 Å². The SMILES string of the molecule is CCCn1nncc1C(COCC)NN. The van der Waals surface area contributed by atoms with Gasteiger partial charge in [-0.25, -0.2) is 10.1 Å². The number of aromatic nitrogens is 3. The lowest BCUT2D eigenvalue weighted by Gasteiger charge is -2.16. The van der Waals surface area contributed by atoms with Gasteiger partial charge in [-0.05, 0) is 13.3 Å². The van der Waals surface area contributed by atoms with Crippen LogP contribution in [0.1, 0.15) is 32.0 Å². The molecular formula is C9H19N5O. The molecular weight excluding hydrogens is 194 g/mol. The van der Waals surface area contributed by atoms with Crippen LogP contribution in [0.3, 0.4) is 0 Å². The first-order chi connectivity index (χ1) is 7.33. The van der Waals surface area contributed by atoms with Crippen LogP contribution in [0, 0.1) is 0 Å². The lowest BCUT2D eigenvalue weighted by molar-refractivity contribution is 0.120. The highest BCUT2D eigenvalue weighted by atomic mass is 16.5. The number of rotatable bonds is 7. The average molecular weight is 213 g/mol. The predicted molar refractivity (Wildman–Crippen MR) is 56.9 cm³/mol. The summed E-state index contributed by atoms with van der Waals surface area (Å²) in [7, 11) is 0. The molecule has 6 nitrogen and oxygen atoms in total. The largest absolute Gasteiger partial charge is 0.380 e. The standard InChI is InChI=1S/C9H19N5O/c1-3-5-14-9(6-11-13-14)8(12-10)7-15-4-2/h6,8,12H,3-5,7,10H2,1-2H3. The quantitative estimate of drug-likeness (QED) is 0.501. The maximum Gasteiger partial charge on any atom is 0.0878 e. The summed E-state index contributed by atoms with van der Waals surface area (Å²) in [6.07, 6.45) is 2.74. The second kappa shape index (κ2) is 6.49. The summed E-state index contributed by atoms with van der Waals surface area (Å²) < 4.78 is 7.18. The zero-order chi connectivity index (χ0) is 11.1. The van der Waals surface area contributed by atoms with Gasteiger partial charge in [0, 0.05) is 13.2 Å². The molecule has 0 saturated heterocycles. The smallest absolute Gasteiger partial charge is 0.0878 e. The minimum atomic E-state index is -0.0495. The minimum Gasteiger partial charge on any atom is -0.380 e. The number of ether oxygens (including phenoxy) is 1. The van der Waals surface area contributed by atoms with Crippen molar-refractivity contribution in [3.63, 3.8) is 0 Å². The van der Waals surface area contributed by atoms with E-state index < -0.39 is 0 Å². The van der Waals surface area contributed by atoms with Crippen LogP contribution in [-0.4, -0.2) is 28.2 Å². The molecule has 0 amide bonds. The van der Waals surface area contributed by atoms with Gasteiger partial charge < -0.3 is 4.74 Å². The highest BCUT2D eigenvalue weighted by Crippen LogP contribution is 2.11. The highest BCUT2D eigenvalue weighted by molar-refractivity contribution is 5.01. The van der Waals surface area contributed by atoms with Crippen LogP contribution in [0.2, 0.25) is 0 Å². The number of aryl methyl sites for hydroxylation is 1. The molecule has 1 heterocycles. The number of hydrogen-bond donors (Lipinski definition) is 2. The van der Waals surface area contributed by atoms with Crippen LogP contribution in [0.15, 0.2) is 6.20 Å². The third-order valence-corrected chi connectivity index (χ3v) is 2.13. The van der Waals surface area contributed by atoms with Crippen LogP contribution in [0.4, 0.5) is 0 Å². The summed E-state index contributed by atoms with van der Waals surface area (Å²) in [6.45, 7) is 6.10. The van der Waals surface area contributed by atoms with Crippen LogP contribution in [0.5, 0.6) is 0 Å². The Morgan fingerprint density at radius 2 is 2.40 bits per heavy atom. The van der Waals surface area contributed by atoms with E-state index in [0.29, 0.717) is 13.2 Å². The Hall–Kier alpha value is -0.980. The zero-order valence-electron chi connectivity index (χ0n) is 9.31. The van der Waals surface area contributed by atoms with E-state index in [0.717, 1.165) is 18.7 Å². The second-order valence-corrected chi connectivity index (χ2v) is 3.26. The molecule has 0 aliphatic carbocycles. The first-order valence-electron chi connectivity index (χ1n) is 5.25. The Morgan fingerprint density at radius 1 is 1.60 bits per heavy atom. The maximum atomic E-state index is 5.47. The van der Waals surface area contributed by atoms with Crippen LogP contribution in [-0.2, 0) is 11.3 Å². The van der Waals surface area contributed by atoms with Crippen molar-refractivity contribution in [2.24, 2.45) is 5.84 Å². The molecule has 3 N–H and O–H groups in total. The van der Waals surface area contributed by atoms with E-state index in [1.807, 2.05) is 11.6 Å². The van der Waals surface area contributed by atoms with E-state index in [1.54, 1.807) is 6.20 Å². The Bertz CT molecular complexity index is 275. The summed E-state index contributed by atoms with van der Waals surface area (Å²) >= 11 is 0. The molecule has 6 heteroatoms. The molecule has 1 aromatic rings. The number of hydrazine groups is 1. The molecule has 0 fully saturated rings. The maximum absolute atomic E-state index is 5.47. The third kappa shape index (κ3) is 3.26. The van der Waals surface area contributed by atoms with Gasteiger partial charge in [0.05, 0.1) is 24.5 Å². The van der Waals surface area contributed by atoms with Gasteiger partial charge in [-0.3, -0.25) is 5.84 Å². The molecule has 86 valence electrons. The fraction of sp³-hybridized carbons (Fsp3) is 0.778. The van der Waals surface area contributed by atoms with Gasteiger partial charge in [-0.15, -0.1) is 5.10 Å². The van der Waals surface area contributed by atoms with Crippen LogP contribution in [0.25, 0.3) is 0 Å². The summed E-state index contributed by atoms with van der Waals surface area (Å²) in [5, 5.41) is 7.88. The summed E-state index contributed by atoms with van der Waals surface area (Å²) in [6, 6.07) is -0.0495. The van der Waals surface area contributed by atoms with Gasteiger partial charge in [-0.1, -0.05) is 12.1 Å². The normalized spacial score (nSPS) is 13.0. The summed E-state index contributed by atoms with van der Waals surface area (Å²) in [5.41, 5.74) is 3.68. The molecule has 1 aromatic heterocycles. The minimum absolute atomic E-state index is 0.0495. The third-order valence-electron chi connectivity index (χ3n) is 2.13. The van der Waals surface area contributed by atoms with Crippen molar-refractivity contribution in [2.45, 2.75) is 32.9 Å². The van der Waals surface area contributed by atoms with Crippen LogP contribution >= 0.6 is 0 Å². The van der Waals surface area contributed by atoms with Crippen molar-refractivity contribution in [1.82, 2.24) is 20.4 Å². The van der Waals surface area contributed by atoms with Gasteiger partial charge in [0.15, 0.2) is 0 Å². The summed E-state index contributed by atoms with van der Waals surface area (Å²) in [5.74, 6) is 5.47. The molecule has 1 rings (SSSR count). The van der Waals surface area contributed by atoms with Crippen molar-refractivity contribution >= 4 is 0 Å². The molecule has 0 saturated carbocycles. The van der Waals surface area contributed by atoms with Gasteiger partial charge >= 0.3 is 0 Å². The Kier molecular flexibility index (Phi) is 5.23. The van der Waals surface area contributed by atoms with Crippen molar-refractivity contribution in [2.75, 3.05) is 13.2 Å². The molecule has 0 aliphatic heterocycles. The number of hydrogen-bond acceptors (Lipinski definition) is 5. The molecule has 1 atom stereocenters. The molecule has 0 bridgehead atoms. The lowest BCUT2D eigenvalue weighted by atomic mass is 10.2. The lowest BCUT2D eigenvalue weighted by Crippen LogP contribution is -2.33. The molecule has 15 heavy (non-hydrogen) atoms. The second-order valence-electron chi connectivity index (χ2n) is 3.26. The molecule has 0 aromatic carbocycles. The van der Waals surface area contributed by atoms with E-state index in [-0.39, 0.29) is 6.04 Å². The number of nitrogens with zero attached hydrogens (tertiary/aromatic N) is 3. The Morgan fingerprint density at radius 3 is 3.00 bits per heavy atom. The van der Waals surface area contributed by atoms with E-state index in [1.165, 1.54) is 0 Å². The van der Waals surface area contributed by atoms with Gasteiger partial charge in [-0.2, -0.15) is 0 Å². The fourth-order valence-electron chi connectivity index (χ4n) is 1.38. The molecule has 1 unspecified atom stereocenters. The van der Waals surface area contributed by atoms with E-state index in [4.69, 9.17) is 10.6 Å². The first kappa shape index (κ1) is 12.1. The Balaban J connectivity index is 2.67. The Labute approximate surface area is 89.8 Å². The van der Waals surface area contributed by atoms with E-state index >= 15 is 0 Å². The molecule has 0 spiro atoms. The highest BCUT2D eigenvalue weighted by Gasteiger charge is 2.15. The monoisotopic (exact) mass is 213 g/mol. The molecule has 0 aliphatic rings. The van der Waals surface area contributed by atoms with Crippen LogP contribution < -0.4 is 11.3 Å². The van der Waals surface area contributed by atoms with E-state index in [9.17, 15) is 0 Å². The fourth-order valence-corrected chi connectivity index (χ4v) is 1.38. The van der Waals surface area contributed by atoms with Gasteiger partial charge in [0.1, 0.15) is 0 Å². The number of nitrogens with one attached hydrogen (secondary N) is 1. The zero-order valence-corrected chi connectivity index (χ0v) is 9.31. The average Bonchev–Trinajstić information content (AvgIpc) is 2.68. The number of nitrogens with two attached hydrogens (primary N) is 1. The summed E-state index contributed by atoms with van der Waals surface area (Å²) in [4.78, 5) is 0. The van der Waals surface area contributed by atoms with Crippen molar-refractivity contribution < 1.29 is 4.74 Å². The molecule has 0 radical (unpaired) electrons. The van der Waals surface area contributed by atoms with E-state index in [2.05, 4.69) is 22.7 Å². The van der Waals surface area contributed by atoms with Crippen molar-refractivity contribution in [1.29, 1.82) is 0 Å². The van der Waals surface area contributed by atoms with Crippen molar-refractivity contribution in [3.05, 3.63) is 11.9 Å². The first-order valence-corrected chi connectivity index (χ1v) is 5.25. The van der Waals surface area contributed by atoms with Gasteiger partial charge in [0.25, 0.3) is 0 Å². The topological polar surface area (TPSA) is 78.0 Å². The predicted octanol–water partition coefficient (Wildman–Crippen LogP) is 0.229. The van der Waals surface area contributed by atoms with Gasteiger partial charge in [0.2, 0.25) is 0 Å².